The average Bonchev–Trinajstić information content (AvgIpc) is 3.09. The monoisotopic (exact) mass is 351 g/mol. The number of guanidine groups is 1. The Hall–Kier alpha value is -3.48. The third kappa shape index (κ3) is 3.46. The molecule has 0 aliphatic heterocycles. The summed E-state index contributed by atoms with van der Waals surface area (Å²) in [6, 6.07) is 13.1. The van der Waals surface area contributed by atoms with Crippen molar-refractivity contribution in [1.82, 2.24) is 10.3 Å². The van der Waals surface area contributed by atoms with E-state index in [1.165, 1.54) is 7.05 Å². The molecule has 0 bridgehead atoms. The summed E-state index contributed by atoms with van der Waals surface area (Å²) < 4.78 is 5.95. The first-order valence-electron chi connectivity index (χ1n) is 8.11. The number of aryl methyl sites for hydroxylation is 1. The highest BCUT2D eigenvalue weighted by Gasteiger charge is 2.15. The van der Waals surface area contributed by atoms with Gasteiger partial charge in [0.25, 0.3) is 5.91 Å². The van der Waals surface area contributed by atoms with Gasteiger partial charge >= 0.3 is 0 Å². The molecule has 1 heterocycles. The van der Waals surface area contributed by atoms with Crippen molar-refractivity contribution in [2.45, 2.75) is 13.5 Å². The van der Waals surface area contributed by atoms with Gasteiger partial charge in [-0.05, 0) is 30.7 Å². The third-order valence-electron chi connectivity index (χ3n) is 4.14. The molecule has 2 aromatic carbocycles. The van der Waals surface area contributed by atoms with Crippen molar-refractivity contribution in [2.24, 2.45) is 10.7 Å². The van der Waals surface area contributed by atoms with Crippen molar-refractivity contribution < 1.29 is 9.53 Å². The molecule has 0 saturated heterocycles. The molecule has 0 fully saturated rings. The van der Waals surface area contributed by atoms with Crippen LogP contribution in [0.3, 0.4) is 0 Å². The molecule has 0 atom stereocenters. The van der Waals surface area contributed by atoms with Crippen molar-refractivity contribution >= 4 is 28.5 Å². The fourth-order valence-electron chi connectivity index (χ4n) is 2.64. The molecule has 0 aliphatic carbocycles. The third-order valence-corrected chi connectivity index (χ3v) is 4.14. The summed E-state index contributed by atoms with van der Waals surface area (Å²) in [5, 5.41) is 3.41. The number of carbonyl (C=O) groups is 1. The van der Waals surface area contributed by atoms with Crippen molar-refractivity contribution in [3.05, 3.63) is 59.3 Å². The van der Waals surface area contributed by atoms with Crippen LogP contribution in [0.4, 0.5) is 5.69 Å². The molecule has 134 valence electrons. The van der Waals surface area contributed by atoms with Crippen molar-refractivity contribution in [1.29, 1.82) is 0 Å². The molecule has 1 amide bonds. The molecule has 6 N–H and O–H groups in total. The molecule has 26 heavy (non-hydrogen) atoms. The van der Waals surface area contributed by atoms with Gasteiger partial charge in [0, 0.05) is 23.7 Å². The first-order chi connectivity index (χ1) is 12.5. The Bertz CT molecular complexity index is 991. The summed E-state index contributed by atoms with van der Waals surface area (Å²) in [5.41, 5.74) is 15.3. The Kier molecular flexibility index (Phi) is 4.79. The lowest BCUT2D eigenvalue weighted by Crippen LogP contribution is -2.36. The predicted octanol–water partition coefficient (Wildman–Crippen LogP) is 2.31. The van der Waals surface area contributed by atoms with Crippen LogP contribution in [0, 0.1) is 6.92 Å². The van der Waals surface area contributed by atoms with Crippen LogP contribution in [-0.4, -0.2) is 23.9 Å². The first kappa shape index (κ1) is 17.3. The standard InChI is InChI=1S/C19H21N5O2/c1-11-7-8-16(26-10-12-5-3-4-6-14(12)20)17-13(11)9-15(23-17)18(25)24-19(21)22-2/h3-9,23H,10,20H2,1-2H3,(H3,21,22,24,25). The highest BCUT2D eigenvalue weighted by Crippen LogP contribution is 2.29. The maximum absolute atomic E-state index is 12.3. The summed E-state index contributed by atoms with van der Waals surface area (Å²) in [6.07, 6.45) is 0. The summed E-state index contributed by atoms with van der Waals surface area (Å²) in [7, 11) is 1.51. The van der Waals surface area contributed by atoms with Crippen molar-refractivity contribution in [3.8, 4) is 5.75 Å². The molecule has 0 saturated carbocycles. The van der Waals surface area contributed by atoms with Crippen LogP contribution in [0.25, 0.3) is 10.9 Å². The number of benzene rings is 2. The Morgan fingerprint density at radius 3 is 2.77 bits per heavy atom. The number of fused-ring (bicyclic) bond motifs is 1. The first-order valence-corrected chi connectivity index (χ1v) is 8.11. The van der Waals surface area contributed by atoms with E-state index >= 15 is 0 Å². The Labute approximate surface area is 151 Å². The minimum Gasteiger partial charge on any atom is -0.487 e. The minimum atomic E-state index is -0.359. The van der Waals surface area contributed by atoms with Crippen LogP contribution in [0.15, 0.2) is 47.5 Å². The molecule has 7 heteroatoms. The highest BCUT2D eigenvalue weighted by atomic mass is 16.5. The van der Waals surface area contributed by atoms with Gasteiger partial charge in [-0.15, -0.1) is 0 Å². The molecule has 0 spiro atoms. The van der Waals surface area contributed by atoms with Gasteiger partial charge in [0.15, 0.2) is 5.96 Å². The Morgan fingerprint density at radius 2 is 2.04 bits per heavy atom. The zero-order chi connectivity index (χ0) is 18.7. The van der Waals surface area contributed by atoms with Gasteiger partial charge < -0.3 is 21.2 Å². The predicted molar refractivity (Wildman–Crippen MR) is 103 cm³/mol. The summed E-state index contributed by atoms with van der Waals surface area (Å²) in [5.74, 6) is 0.341. The molecule has 0 aliphatic rings. The second kappa shape index (κ2) is 7.18. The molecule has 0 unspecified atom stereocenters. The number of H-pyrrole nitrogens is 1. The van der Waals surface area contributed by atoms with Gasteiger partial charge in [-0.3, -0.25) is 15.1 Å². The van der Waals surface area contributed by atoms with E-state index in [0.29, 0.717) is 23.7 Å². The lowest BCUT2D eigenvalue weighted by Gasteiger charge is -2.10. The number of aromatic amines is 1. The number of nitrogens with one attached hydrogen (secondary N) is 2. The van der Waals surface area contributed by atoms with Crippen LogP contribution in [0.5, 0.6) is 5.75 Å². The number of rotatable bonds is 4. The normalized spacial score (nSPS) is 11.5. The number of carbonyl (C=O) groups excluding carboxylic acids is 1. The molecule has 7 nitrogen and oxygen atoms in total. The van der Waals surface area contributed by atoms with Crippen LogP contribution in [-0.2, 0) is 6.61 Å². The van der Waals surface area contributed by atoms with E-state index in [4.69, 9.17) is 16.2 Å². The Morgan fingerprint density at radius 1 is 1.27 bits per heavy atom. The molecule has 3 aromatic rings. The minimum absolute atomic E-state index is 0.0569. The summed E-state index contributed by atoms with van der Waals surface area (Å²) in [4.78, 5) is 19.1. The number of nitrogen functional groups attached to an aromatic ring is 1. The number of nitrogens with two attached hydrogens (primary N) is 2. The quantitative estimate of drug-likeness (QED) is 0.328. The maximum Gasteiger partial charge on any atom is 0.274 e. The van der Waals surface area contributed by atoms with Crippen LogP contribution < -0.4 is 21.5 Å². The van der Waals surface area contributed by atoms with Gasteiger partial charge in [0.2, 0.25) is 0 Å². The average molecular weight is 351 g/mol. The van der Waals surface area contributed by atoms with E-state index in [9.17, 15) is 4.79 Å². The summed E-state index contributed by atoms with van der Waals surface area (Å²) >= 11 is 0. The summed E-state index contributed by atoms with van der Waals surface area (Å²) in [6.45, 7) is 2.31. The van der Waals surface area contributed by atoms with E-state index in [1.54, 1.807) is 6.07 Å². The van der Waals surface area contributed by atoms with E-state index in [-0.39, 0.29) is 11.9 Å². The second-order valence-corrected chi connectivity index (χ2v) is 5.90. The zero-order valence-corrected chi connectivity index (χ0v) is 14.7. The zero-order valence-electron chi connectivity index (χ0n) is 14.7. The second-order valence-electron chi connectivity index (χ2n) is 5.90. The number of nitrogens with zero attached hydrogens (tertiary/aromatic N) is 1. The fourth-order valence-corrected chi connectivity index (χ4v) is 2.64. The molecular formula is C19H21N5O2. The number of aliphatic imine (C=N–C) groups is 1. The van der Waals surface area contributed by atoms with Crippen LogP contribution in [0.2, 0.25) is 0 Å². The topological polar surface area (TPSA) is 119 Å². The number of aromatic nitrogens is 1. The van der Waals surface area contributed by atoms with Crippen molar-refractivity contribution in [2.75, 3.05) is 12.8 Å². The van der Waals surface area contributed by atoms with E-state index in [1.807, 2.05) is 43.3 Å². The van der Waals surface area contributed by atoms with E-state index in [2.05, 4.69) is 15.3 Å². The molecule has 1 aromatic heterocycles. The van der Waals surface area contributed by atoms with Gasteiger partial charge in [-0.2, -0.15) is 0 Å². The molecule has 0 radical (unpaired) electrons. The lowest BCUT2D eigenvalue weighted by atomic mass is 10.1. The SMILES string of the molecule is CN=C(N)NC(=O)c1cc2c(C)ccc(OCc3ccccc3N)c2[nH]1. The van der Waals surface area contributed by atoms with E-state index in [0.717, 1.165) is 22.0 Å². The molecule has 3 rings (SSSR count). The van der Waals surface area contributed by atoms with Crippen molar-refractivity contribution in [3.63, 3.8) is 0 Å². The largest absolute Gasteiger partial charge is 0.487 e. The highest BCUT2D eigenvalue weighted by molar-refractivity contribution is 6.07. The number of anilines is 1. The number of ether oxygens (including phenoxy) is 1. The number of amides is 1. The van der Waals surface area contributed by atoms with Gasteiger partial charge in [-0.25, -0.2) is 0 Å². The lowest BCUT2D eigenvalue weighted by molar-refractivity contribution is 0.0972. The number of para-hydroxylation sites is 1. The maximum atomic E-state index is 12.3. The van der Waals surface area contributed by atoms with Gasteiger partial charge in [0.1, 0.15) is 18.1 Å². The van der Waals surface area contributed by atoms with Gasteiger partial charge in [-0.1, -0.05) is 24.3 Å². The smallest absolute Gasteiger partial charge is 0.274 e. The Balaban J connectivity index is 1.90. The van der Waals surface area contributed by atoms with E-state index < -0.39 is 0 Å². The van der Waals surface area contributed by atoms with Crippen LogP contribution >= 0.6 is 0 Å². The number of hydrogen-bond donors (Lipinski definition) is 4. The van der Waals surface area contributed by atoms with Gasteiger partial charge in [0.05, 0.1) is 5.52 Å². The van der Waals surface area contributed by atoms with Crippen LogP contribution in [0.1, 0.15) is 21.6 Å². The fraction of sp³-hybridized carbons (Fsp3) is 0.158. The number of hydrogen-bond acceptors (Lipinski definition) is 4. The molecular weight excluding hydrogens is 330 g/mol.